The van der Waals surface area contributed by atoms with Crippen molar-refractivity contribution in [2.75, 3.05) is 4.90 Å². The molecule has 0 saturated carbocycles. The van der Waals surface area contributed by atoms with Crippen LogP contribution in [0, 0.1) is 0 Å². The number of Topliss-reactive ketones (excluding diaryl/α,β-unsaturated/α-hetero) is 1. The molecule has 2 aromatic rings. The Hall–Kier alpha value is -2.34. The quantitative estimate of drug-likeness (QED) is 0.613. The summed E-state index contributed by atoms with van der Waals surface area (Å²) >= 11 is 6.18. The number of hydrogen-bond donors (Lipinski definition) is 1. The maximum atomic E-state index is 11.8. The lowest BCUT2D eigenvalue weighted by molar-refractivity contribution is -0.114. The SMILES string of the molecule is CC(C)=O.CCCCC(CCC)Oc1cccc2c1CN(c1cn[nH]c(=O)c1Cl)C2. The van der Waals surface area contributed by atoms with E-state index in [1.807, 2.05) is 6.07 Å². The second kappa shape index (κ2) is 11.7. The van der Waals surface area contributed by atoms with E-state index < -0.39 is 0 Å². The number of aromatic amines is 1. The van der Waals surface area contributed by atoms with Gasteiger partial charge in [0.2, 0.25) is 0 Å². The van der Waals surface area contributed by atoms with Gasteiger partial charge in [0, 0.05) is 18.7 Å². The summed E-state index contributed by atoms with van der Waals surface area (Å²) in [4.78, 5) is 23.3. The molecule has 3 rings (SSSR count). The van der Waals surface area contributed by atoms with Crippen LogP contribution in [0.1, 0.15) is 70.9 Å². The molecule has 2 heterocycles. The second-order valence-electron chi connectivity index (χ2n) is 7.73. The highest BCUT2D eigenvalue weighted by Gasteiger charge is 2.26. The molecule has 1 aliphatic rings. The first kappa shape index (κ1) is 23.9. The molecule has 1 atom stereocenters. The number of benzene rings is 1. The topological polar surface area (TPSA) is 75.3 Å². The summed E-state index contributed by atoms with van der Waals surface area (Å²) in [5, 5.41) is 6.44. The highest BCUT2D eigenvalue weighted by atomic mass is 35.5. The van der Waals surface area contributed by atoms with Crippen molar-refractivity contribution in [2.45, 2.75) is 79.0 Å². The Morgan fingerprint density at radius 3 is 2.63 bits per heavy atom. The van der Waals surface area contributed by atoms with E-state index >= 15 is 0 Å². The molecule has 0 aliphatic carbocycles. The number of nitrogens with zero attached hydrogens (tertiary/aromatic N) is 2. The van der Waals surface area contributed by atoms with E-state index in [1.54, 1.807) is 6.20 Å². The number of carbonyl (C=O) groups excluding carboxylic acids is 1. The third-order valence-electron chi connectivity index (χ3n) is 4.84. The normalized spacial score (nSPS) is 13.3. The lowest BCUT2D eigenvalue weighted by Gasteiger charge is -2.21. The second-order valence-corrected chi connectivity index (χ2v) is 8.11. The Labute approximate surface area is 183 Å². The van der Waals surface area contributed by atoms with Gasteiger partial charge < -0.3 is 14.4 Å². The number of aromatic nitrogens is 2. The molecule has 164 valence electrons. The largest absolute Gasteiger partial charge is 0.490 e. The minimum absolute atomic E-state index is 0.167. The van der Waals surface area contributed by atoms with Gasteiger partial charge in [-0.1, -0.05) is 56.8 Å². The molecular formula is C23H32ClN3O3. The number of carbonyl (C=O) groups is 1. The monoisotopic (exact) mass is 433 g/mol. The summed E-state index contributed by atoms with van der Waals surface area (Å²) in [5.74, 6) is 1.12. The highest BCUT2D eigenvalue weighted by molar-refractivity contribution is 6.33. The minimum atomic E-state index is -0.362. The van der Waals surface area contributed by atoms with Crippen molar-refractivity contribution in [3.05, 3.63) is 50.9 Å². The van der Waals surface area contributed by atoms with E-state index in [9.17, 15) is 9.59 Å². The van der Waals surface area contributed by atoms with Crippen LogP contribution in [0.15, 0.2) is 29.2 Å². The highest BCUT2D eigenvalue weighted by Crippen LogP contribution is 2.36. The van der Waals surface area contributed by atoms with Gasteiger partial charge in [0.25, 0.3) is 5.56 Å². The number of H-pyrrole nitrogens is 1. The molecule has 1 aromatic carbocycles. The van der Waals surface area contributed by atoms with Gasteiger partial charge in [-0.2, -0.15) is 5.10 Å². The van der Waals surface area contributed by atoms with Gasteiger partial charge in [-0.25, -0.2) is 5.10 Å². The Bertz CT molecular complexity index is 894. The number of hydrogen-bond acceptors (Lipinski definition) is 5. The van der Waals surface area contributed by atoms with Gasteiger partial charge in [-0.05, 0) is 38.3 Å². The third kappa shape index (κ3) is 6.59. The van der Waals surface area contributed by atoms with Gasteiger partial charge in [-0.3, -0.25) is 4.79 Å². The first-order valence-electron chi connectivity index (χ1n) is 10.6. The van der Waals surface area contributed by atoms with Crippen LogP contribution in [0.25, 0.3) is 0 Å². The molecule has 6 nitrogen and oxygen atoms in total. The zero-order valence-electron chi connectivity index (χ0n) is 18.3. The van der Waals surface area contributed by atoms with Crippen molar-refractivity contribution in [2.24, 2.45) is 0 Å². The van der Waals surface area contributed by atoms with Crippen LogP contribution in [0.3, 0.4) is 0 Å². The van der Waals surface area contributed by atoms with Crippen LogP contribution < -0.4 is 15.2 Å². The van der Waals surface area contributed by atoms with Crippen LogP contribution in [0.2, 0.25) is 5.02 Å². The zero-order valence-corrected chi connectivity index (χ0v) is 19.1. The third-order valence-corrected chi connectivity index (χ3v) is 5.21. The van der Waals surface area contributed by atoms with E-state index in [0.29, 0.717) is 18.8 Å². The molecular weight excluding hydrogens is 402 g/mol. The number of ether oxygens (including phenoxy) is 1. The van der Waals surface area contributed by atoms with Crippen molar-refractivity contribution >= 4 is 23.1 Å². The molecule has 0 bridgehead atoms. The van der Waals surface area contributed by atoms with E-state index in [4.69, 9.17) is 16.3 Å². The molecule has 1 unspecified atom stereocenters. The predicted octanol–water partition coefficient (Wildman–Crippen LogP) is 5.28. The van der Waals surface area contributed by atoms with Crippen molar-refractivity contribution in [3.8, 4) is 5.75 Å². The summed E-state index contributed by atoms with van der Waals surface area (Å²) < 4.78 is 6.39. The molecule has 0 amide bonds. The minimum Gasteiger partial charge on any atom is -0.490 e. The summed E-state index contributed by atoms with van der Waals surface area (Å²) in [6, 6.07) is 6.20. The fourth-order valence-electron chi connectivity index (χ4n) is 3.46. The molecule has 0 spiro atoms. The molecule has 1 aliphatic heterocycles. The fourth-order valence-corrected chi connectivity index (χ4v) is 3.67. The predicted molar refractivity (Wildman–Crippen MR) is 121 cm³/mol. The molecule has 1 aromatic heterocycles. The smallest absolute Gasteiger partial charge is 0.285 e. The van der Waals surface area contributed by atoms with Gasteiger partial charge in [0.05, 0.1) is 18.0 Å². The number of nitrogens with one attached hydrogen (secondary N) is 1. The maximum absolute atomic E-state index is 11.8. The van der Waals surface area contributed by atoms with Crippen LogP contribution in [0.5, 0.6) is 5.75 Å². The number of anilines is 1. The van der Waals surface area contributed by atoms with Crippen molar-refractivity contribution in [1.29, 1.82) is 0 Å². The Morgan fingerprint density at radius 1 is 1.23 bits per heavy atom. The van der Waals surface area contributed by atoms with Crippen LogP contribution in [-0.2, 0) is 17.9 Å². The Kier molecular flexibility index (Phi) is 9.37. The van der Waals surface area contributed by atoms with E-state index in [-0.39, 0.29) is 22.5 Å². The van der Waals surface area contributed by atoms with Gasteiger partial charge >= 0.3 is 0 Å². The van der Waals surface area contributed by atoms with Crippen LogP contribution >= 0.6 is 11.6 Å². The lowest BCUT2D eigenvalue weighted by Crippen LogP contribution is -2.20. The summed E-state index contributed by atoms with van der Waals surface area (Å²) in [7, 11) is 0. The first-order valence-corrected chi connectivity index (χ1v) is 11.0. The van der Waals surface area contributed by atoms with Crippen LogP contribution in [-0.4, -0.2) is 22.1 Å². The average molecular weight is 434 g/mol. The van der Waals surface area contributed by atoms with Crippen LogP contribution in [0.4, 0.5) is 5.69 Å². The van der Waals surface area contributed by atoms with E-state index in [2.05, 4.69) is 41.1 Å². The number of ketones is 1. The van der Waals surface area contributed by atoms with Gasteiger partial charge in [0.1, 0.15) is 16.6 Å². The number of fused-ring (bicyclic) bond motifs is 1. The molecule has 1 N–H and O–H groups in total. The summed E-state index contributed by atoms with van der Waals surface area (Å²) in [6.45, 7) is 8.83. The number of unbranched alkanes of at least 4 members (excludes halogenated alkanes) is 1. The Morgan fingerprint density at radius 2 is 1.97 bits per heavy atom. The van der Waals surface area contributed by atoms with Crippen molar-refractivity contribution in [3.63, 3.8) is 0 Å². The van der Waals surface area contributed by atoms with E-state index in [1.165, 1.54) is 37.8 Å². The fraction of sp³-hybridized carbons (Fsp3) is 0.522. The summed E-state index contributed by atoms with van der Waals surface area (Å²) in [5.41, 5.74) is 2.69. The van der Waals surface area contributed by atoms with E-state index in [0.717, 1.165) is 25.0 Å². The van der Waals surface area contributed by atoms with Crippen molar-refractivity contribution < 1.29 is 9.53 Å². The standard InChI is InChI=1S/C20H26ClN3O2.C3H6O/c1-3-5-9-15(7-4-2)26-18-10-6-8-14-12-24(13-16(14)18)17-11-22-23-20(25)19(17)21;1-3(2)4/h6,8,10-11,15H,3-5,7,9,12-13H2,1-2H3,(H,23,25);1-2H3. The maximum Gasteiger partial charge on any atom is 0.285 e. The summed E-state index contributed by atoms with van der Waals surface area (Å²) in [6.07, 6.45) is 7.49. The zero-order chi connectivity index (χ0) is 22.1. The molecule has 0 fully saturated rings. The molecule has 7 heteroatoms. The average Bonchev–Trinajstić information content (AvgIpc) is 3.13. The number of rotatable bonds is 8. The molecule has 30 heavy (non-hydrogen) atoms. The molecule has 0 saturated heterocycles. The van der Waals surface area contributed by atoms with Crippen molar-refractivity contribution in [1.82, 2.24) is 10.2 Å². The van der Waals surface area contributed by atoms with Gasteiger partial charge in [-0.15, -0.1) is 0 Å². The Balaban J connectivity index is 0.000000735. The van der Waals surface area contributed by atoms with Gasteiger partial charge in [0.15, 0.2) is 0 Å². The first-order chi connectivity index (χ1) is 14.4. The molecule has 0 radical (unpaired) electrons. The lowest BCUT2D eigenvalue weighted by atomic mass is 10.1. The number of halogens is 1.